The van der Waals surface area contributed by atoms with Gasteiger partial charge in [-0.3, -0.25) is 20.9 Å². The topological polar surface area (TPSA) is 59.1 Å². The molecule has 1 aromatic rings. The van der Waals surface area contributed by atoms with E-state index in [9.17, 15) is 0 Å². The van der Waals surface area contributed by atoms with E-state index in [0.717, 1.165) is 18.7 Å². The second-order valence-corrected chi connectivity index (χ2v) is 6.36. The first kappa shape index (κ1) is 15.5. The highest BCUT2D eigenvalue weighted by atomic mass is 15.3. The van der Waals surface area contributed by atoms with Gasteiger partial charge in [-0.1, -0.05) is 0 Å². The summed E-state index contributed by atoms with van der Waals surface area (Å²) in [5.74, 6) is 5.87. The molecule has 114 valence electrons. The van der Waals surface area contributed by atoms with Crippen LogP contribution in [-0.2, 0) is 13.0 Å². The fourth-order valence-corrected chi connectivity index (χ4v) is 3.27. The lowest BCUT2D eigenvalue weighted by molar-refractivity contribution is 0.105. The molecule has 1 aliphatic heterocycles. The van der Waals surface area contributed by atoms with Crippen LogP contribution in [-0.4, -0.2) is 39.4 Å². The van der Waals surface area contributed by atoms with Crippen LogP contribution in [0.25, 0.3) is 0 Å². The predicted octanol–water partition coefficient (Wildman–Crippen LogP) is 1.46. The van der Waals surface area contributed by atoms with E-state index < -0.39 is 0 Å². The molecule has 0 spiro atoms. The summed E-state index contributed by atoms with van der Waals surface area (Å²) in [5, 5.41) is 4.53. The minimum Gasteiger partial charge on any atom is -0.297 e. The number of nitrogens with zero attached hydrogens (tertiary/aromatic N) is 3. The summed E-state index contributed by atoms with van der Waals surface area (Å²) >= 11 is 0. The highest BCUT2D eigenvalue weighted by Gasteiger charge is 2.36. The van der Waals surface area contributed by atoms with Gasteiger partial charge < -0.3 is 0 Å². The van der Waals surface area contributed by atoms with Gasteiger partial charge in [0, 0.05) is 30.2 Å². The van der Waals surface area contributed by atoms with E-state index in [1.54, 1.807) is 0 Å². The van der Waals surface area contributed by atoms with Gasteiger partial charge in [-0.15, -0.1) is 0 Å². The van der Waals surface area contributed by atoms with Gasteiger partial charge in [-0.05, 0) is 59.7 Å². The maximum absolute atomic E-state index is 5.87. The highest BCUT2D eigenvalue weighted by molar-refractivity contribution is 5.12. The molecule has 20 heavy (non-hydrogen) atoms. The molecule has 0 saturated carbocycles. The zero-order valence-electron chi connectivity index (χ0n) is 13.3. The Kier molecular flexibility index (Phi) is 4.83. The average Bonchev–Trinajstić information content (AvgIpc) is 3.04. The first-order valence-electron chi connectivity index (χ1n) is 7.73. The van der Waals surface area contributed by atoms with Crippen molar-refractivity contribution in [1.82, 2.24) is 20.1 Å². The fourth-order valence-electron chi connectivity index (χ4n) is 3.27. The molecule has 1 fully saturated rings. The monoisotopic (exact) mass is 279 g/mol. The number of rotatable bonds is 6. The Bertz CT molecular complexity index is 431. The number of hydrogen-bond donors (Lipinski definition) is 2. The van der Waals surface area contributed by atoms with Crippen LogP contribution >= 0.6 is 0 Å². The van der Waals surface area contributed by atoms with Gasteiger partial charge in [0.1, 0.15) is 0 Å². The van der Waals surface area contributed by atoms with Crippen LogP contribution in [0.5, 0.6) is 0 Å². The van der Waals surface area contributed by atoms with Gasteiger partial charge in [0.25, 0.3) is 0 Å². The molecule has 1 unspecified atom stereocenters. The molecule has 2 rings (SSSR count). The first-order chi connectivity index (χ1) is 9.48. The summed E-state index contributed by atoms with van der Waals surface area (Å²) in [4.78, 5) is 2.55. The molecule has 0 bridgehead atoms. The molecule has 0 aromatic carbocycles. The summed E-state index contributed by atoms with van der Waals surface area (Å²) in [6, 6.07) is 2.40. The van der Waals surface area contributed by atoms with Crippen molar-refractivity contribution in [2.45, 2.75) is 65.1 Å². The van der Waals surface area contributed by atoms with Crippen molar-refractivity contribution in [2.75, 3.05) is 13.1 Å². The normalized spacial score (nSPS) is 18.6. The standard InChI is InChI=1S/C15H29N5/c1-5-20-13(10-12(2)18-20)11-14(17-16)15(3,4)19-8-6-7-9-19/h10,14,17H,5-9,11,16H2,1-4H3. The van der Waals surface area contributed by atoms with E-state index in [2.05, 4.69) is 46.9 Å². The molecule has 1 saturated heterocycles. The van der Waals surface area contributed by atoms with Crippen LogP contribution in [0.2, 0.25) is 0 Å². The van der Waals surface area contributed by atoms with E-state index in [4.69, 9.17) is 5.84 Å². The van der Waals surface area contributed by atoms with E-state index in [1.165, 1.54) is 31.6 Å². The average molecular weight is 279 g/mol. The molecule has 1 aliphatic rings. The van der Waals surface area contributed by atoms with Crippen LogP contribution in [0.4, 0.5) is 0 Å². The SMILES string of the molecule is CCn1nc(C)cc1CC(NN)C(C)(C)N1CCCC1. The minimum absolute atomic E-state index is 0.0575. The summed E-state index contributed by atoms with van der Waals surface area (Å²) < 4.78 is 2.08. The van der Waals surface area contributed by atoms with E-state index in [-0.39, 0.29) is 11.6 Å². The molecule has 1 aromatic heterocycles. The van der Waals surface area contributed by atoms with Gasteiger partial charge in [-0.2, -0.15) is 5.10 Å². The van der Waals surface area contributed by atoms with Crippen molar-refractivity contribution in [3.05, 3.63) is 17.5 Å². The van der Waals surface area contributed by atoms with Crippen LogP contribution < -0.4 is 11.3 Å². The molecule has 5 nitrogen and oxygen atoms in total. The van der Waals surface area contributed by atoms with Gasteiger partial charge in [0.05, 0.1) is 5.69 Å². The molecule has 0 radical (unpaired) electrons. The third-order valence-electron chi connectivity index (χ3n) is 4.67. The van der Waals surface area contributed by atoms with Gasteiger partial charge in [0.15, 0.2) is 0 Å². The Morgan fingerprint density at radius 3 is 2.60 bits per heavy atom. The first-order valence-corrected chi connectivity index (χ1v) is 7.73. The molecule has 5 heteroatoms. The van der Waals surface area contributed by atoms with Crippen LogP contribution in [0.1, 0.15) is 45.0 Å². The maximum Gasteiger partial charge on any atom is 0.0596 e. The maximum atomic E-state index is 5.87. The number of nitrogens with one attached hydrogen (secondary N) is 1. The van der Waals surface area contributed by atoms with Gasteiger partial charge >= 0.3 is 0 Å². The molecule has 2 heterocycles. The second-order valence-electron chi connectivity index (χ2n) is 6.36. The third-order valence-corrected chi connectivity index (χ3v) is 4.67. The number of aromatic nitrogens is 2. The number of likely N-dealkylation sites (tertiary alicyclic amines) is 1. The smallest absolute Gasteiger partial charge is 0.0596 e. The second kappa shape index (κ2) is 6.24. The van der Waals surface area contributed by atoms with E-state index in [1.807, 2.05) is 6.92 Å². The van der Waals surface area contributed by atoms with Gasteiger partial charge in [0.2, 0.25) is 0 Å². The Hall–Kier alpha value is -0.910. The molecule has 0 amide bonds. The zero-order valence-corrected chi connectivity index (χ0v) is 13.3. The number of nitrogens with two attached hydrogens (primary N) is 1. The molecule has 0 aliphatic carbocycles. The number of hydrazine groups is 1. The Balaban J connectivity index is 2.15. The molecule has 3 N–H and O–H groups in total. The Labute approximate surface area is 122 Å². The van der Waals surface area contributed by atoms with Crippen molar-refractivity contribution >= 4 is 0 Å². The van der Waals surface area contributed by atoms with Crippen molar-refractivity contribution in [2.24, 2.45) is 5.84 Å². The van der Waals surface area contributed by atoms with E-state index in [0.29, 0.717) is 0 Å². The molecule has 1 atom stereocenters. The lowest BCUT2D eigenvalue weighted by Gasteiger charge is -2.42. The van der Waals surface area contributed by atoms with Crippen molar-refractivity contribution in [3.8, 4) is 0 Å². The Morgan fingerprint density at radius 2 is 2.05 bits per heavy atom. The van der Waals surface area contributed by atoms with E-state index >= 15 is 0 Å². The zero-order chi connectivity index (χ0) is 14.8. The summed E-state index contributed by atoms with van der Waals surface area (Å²) in [6.45, 7) is 12.0. The lowest BCUT2D eigenvalue weighted by Crippen LogP contribution is -2.59. The molecular formula is C15H29N5. The summed E-state index contributed by atoms with van der Waals surface area (Å²) in [7, 11) is 0. The minimum atomic E-state index is 0.0575. The Morgan fingerprint density at radius 1 is 1.40 bits per heavy atom. The lowest BCUT2D eigenvalue weighted by atomic mass is 9.89. The summed E-state index contributed by atoms with van der Waals surface area (Å²) in [5.41, 5.74) is 5.45. The summed E-state index contributed by atoms with van der Waals surface area (Å²) in [6.07, 6.45) is 3.51. The highest BCUT2D eigenvalue weighted by Crippen LogP contribution is 2.26. The molecular weight excluding hydrogens is 250 g/mol. The van der Waals surface area contributed by atoms with Crippen molar-refractivity contribution in [3.63, 3.8) is 0 Å². The predicted molar refractivity (Wildman–Crippen MR) is 82.3 cm³/mol. The number of hydrogen-bond acceptors (Lipinski definition) is 4. The third kappa shape index (κ3) is 3.05. The van der Waals surface area contributed by atoms with Gasteiger partial charge in [-0.25, -0.2) is 0 Å². The number of aryl methyl sites for hydroxylation is 2. The van der Waals surface area contributed by atoms with Crippen LogP contribution in [0.15, 0.2) is 6.07 Å². The van der Waals surface area contributed by atoms with Crippen LogP contribution in [0.3, 0.4) is 0 Å². The quantitative estimate of drug-likeness (QED) is 0.611. The van der Waals surface area contributed by atoms with Crippen molar-refractivity contribution in [1.29, 1.82) is 0 Å². The van der Waals surface area contributed by atoms with Crippen LogP contribution in [0, 0.1) is 6.92 Å². The fraction of sp³-hybridized carbons (Fsp3) is 0.800. The van der Waals surface area contributed by atoms with Crippen molar-refractivity contribution < 1.29 is 0 Å². The largest absolute Gasteiger partial charge is 0.297 e.